The Morgan fingerprint density at radius 3 is 2.75 bits per heavy atom. The van der Waals surface area contributed by atoms with Crippen LogP contribution in [-0.2, 0) is 11.2 Å². The van der Waals surface area contributed by atoms with Crippen LogP contribution in [0, 0.1) is 11.7 Å². The lowest BCUT2D eigenvalue weighted by Gasteiger charge is -2.24. The van der Waals surface area contributed by atoms with Crippen LogP contribution in [0.2, 0.25) is 0 Å². The lowest BCUT2D eigenvalue weighted by Crippen LogP contribution is -2.53. The van der Waals surface area contributed by atoms with Crippen molar-refractivity contribution in [1.29, 1.82) is 0 Å². The van der Waals surface area contributed by atoms with Gasteiger partial charge in [0.1, 0.15) is 11.6 Å². The van der Waals surface area contributed by atoms with Gasteiger partial charge in [0.2, 0.25) is 5.91 Å². The molecule has 4 N–H and O–H groups in total. The Labute approximate surface area is 162 Å². The number of carbonyl (C=O) groups is 2. The van der Waals surface area contributed by atoms with Crippen molar-refractivity contribution in [3.05, 3.63) is 47.5 Å². The second kappa shape index (κ2) is 7.48. The molecule has 1 aromatic carbocycles. The molecular weight excluding hydrogens is 361 g/mol. The van der Waals surface area contributed by atoms with E-state index in [0.29, 0.717) is 28.8 Å². The number of furan rings is 1. The van der Waals surface area contributed by atoms with E-state index in [9.17, 15) is 14.0 Å². The topological polar surface area (TPSA) is 97.4 Å². The number of fused-ring (bicyclic) bond motifs is 2. The van der Waals surface area contributed by atoms with Crippen molar-refractivity contribution >= 4 is 11.7 Å². The van der Waals surface area contributed by atoms with Crippen molar-refractivity contribution in [2.24, 2.45) is 11.7 Å². The van der Waals surface area contributed by atoms with Crippen molar-refractivity contribution in [3.8, 4) is 11.3 Å². The Bertz CT molecular complexity index is 910. The Balaban J connectivity index is 1.38. The summed E-state index contributed by atoms with van der Waals surface area (Å²) < 4.78 is 20.0. The SMILES string of the molecule is CC(=O)c1ccc(-c2ccc(CC(N)NC(=O)C3NC4CCC3C4)c(F)c2)o1. The molecule has 148 valence electrons. The van der Waals surface area contributed by atoms with Crippen LogP contribution < -0.4 is 16.4 Å². The maximum atomic E-state index is 14.5. The number of benzene rings is 1. The van der Waals surface area contributed by atoms with E-state index in [0.717, 1.165) is 19.3 Å². The van der Waals surface area contributed by atoms with E-state index in [1.807, 2.05) is 0 Å². The molecule has 6 nitrogen and oxygen atoms in total. The van der Waals surface area contributed by atoms with Crippen LogP contribution in [-0.4, -0.2) is 29.9 Å². The molecule has 2 bridgehead atoms. The number of nitrogens with two attached hydrogens (primary N) is 1. The van der Waals surface area contributed by atoms with Gasteiger partial charge >= 0.3 is 0 Å². The molecule has 1 aliphatic heterocycles. The van der Waals surface area contributed by atoms with Crippen molar-refractivity contribution in [2.75, 3.05) is 0 Å². The van der Waals surface area contributed by atoms with E-state index in [1.54, 1.807) is 24.3 Å². The first-order valence-electron chi connectivity index (χ1n) is 9.62. The van der Waals surface area contributed by atoms with Gasteiger partial charge in [-0.3, -0.25) is 9.59 Å². The first-order valence-corrected chi connectivity index (χ1v) is 9.62. The van der Waals surface area contributed by atoms with Gasteiger partial charge in [0.05, 0.1) is 12.2 Å². The summed E-state index contributed by atoms with van der Waals surface area (Å²) in [6, 6.07) is 8.15. The third-order valence-electron chi connectivity index (χ3n) is 5.70. The van der Waals surface area contributed by atoms with E-state index in [-0.39, 0.29) is 29.9 Å². The highest BCUT2D eigenvalue weighted by atomic mass is 19.1. The third-order valence-corrected chi connectivity index (χ3v) is 5.70. The molecular formula is C21H24FN3O3. The predicted molar refractivity (Wildman–Crippen MR) is 102 cm³/mol. The molecule has 2 heterocycles. The third kappa shape index (κ3) is 3.72. The molecule has 1 amide bonds. The molecule has 2 aliphatic rings. The summed E-state index contributed by atoms with van der Waals surface area (Å²) in [5.41, 5.74) is 7.00. The highest BCUT2D eigenvalue weighted by Crippen LogP contribution is 2.35. The van der Waals surface area contributed by atoms with Crippen molar-refractivity contribution in [1.82, 2.24) is 10.6 Å². The number of ketones is 1. The number of carbonyl (C=O) groups excluding carboxylic acids is 2. The van der Waals surface area contributed by atoms with E-state index in [4.69, 9.17) is 10.2 Å². The second-order valence-electron chi connectivity index (χ2n) is 7.76. The molecule has 1 aromatic heterocycles. The molecule has 7 heteroatoms. The van der Waals surface area contributed by atoms with Crippen LogP contribution in [0.3, 0.4) is 0 Å². The van der Waals surface area contributed by atoms with Crippen LogP contribution in [0.4, 0.5) is 4.39 Å². The van der Waals surface area contributed by atoms with Crippen LogP contribution in [0.5, 0.6) is 0 Å². The van der Waals surface area contributed by atoms with Crippen LogP contribution in [0.1, 0.15) is 42.3 Å². The minimum Gasteiger partial charge on any atom is -0.453 e. The number of amides is 1. The van der Waals surface area contributed by atoms with E-state index < -0.39 is 12.0 Å². The fourth-order valence-corrected chi connectivity index (χ4v) is 4.26. The zero-order valence-electron chi connectivity index (χ0n) is 15.7. The summed E-state index contributed by atoms with van der Waals surface area (Å²) in [5, 5.41) is 6.13. The maximum Gasteiger partial charge on any atom is 0.238 e. The maximum absolute atomic E-state index is 14.5. The summed E-state index contributed by atoms with van der Waals surface area (Å²) in [6.07, 6.45) is 2.76. The zero-order chi connectivity index (χ0) is 19.8. The van der Waals surface area contributed by atoms with Crippen molar-refractivity contribution in [3.63, 3.8) is 0 Å². The normalized spacial score (nSPS) is 24.3. The highest BCUT2D eigenvalue weighted by molar-refractivity contribution is 5.91. The number of piperidine rings is 1. The number of Topliss-reactive ketones (excluding diaryl/α,β-unsaturated/α-hetero) is 1. The van der Waals surface area contributed by atoms with Gasteiger partial charge in [0.15, 0.2) is 11.5 Å². The molecule has 0 radical (unpaired) electrons. The first kappa shape index (κ1) is 18.8. The van der Waals surface area contributed by atoms with E-state index in [2.05, 4.69) is 10.6 Å². The monoisotopic (exact) mass is 385 g/mol. The minimum absolute atomic E-state index is 0.107. The largest absolute Gasteiger partial charge is 0.453 e. The second-order valence-corrected chi connectivity index (χ2v) is 7.76. The van der Waals surface area contributed by atoms with Crippen molar-refractivity contribution in [2.45, 2.75) is 50.9 Å². The highest BCUT2D eigenvalue weighted by Gasteiger charge is 2.42. The quantitative estimate of drug-likeness (QED) is 0.524. The van der Waals surface area contributed by atoms with Gasteiger partial charge in [-0.05, 0) is 48.9 Å². The predicted octanol–water partition coefficient (Wildman–Crippen LogP) is 2.37. The molecule has 28 heavy (non-hydrogen) atoms. The number of halogens is 1. The lowest BCUT2D eigenvalue weighted by atomic mass is 9.99. The first-order chi connectivity index (χ1) is 13.4. The van der Waals surface area contributed by atoms with E-state index in [1.165, 1.54) is 13.0 Å². The molecule has 1 aliphatic carbocycles. The van der Waals surface area contributed by atoms with Gasteiger partial charge in [-0.2, -0.15) is 0 Å². The lowest BCUT2D eigenvalue weighted by molar-refractivity contribution is -0.124. The summed E-state index contributed by atoms with van der Waals surface area (Å²) >= 11 is 0. The minimum atomic E-state index is -0.665. The summed E-state index contributed by atoms with van der Waals surface area (Å²) in [6.45, 7) is 1.41. The fourth-order valence-electron chi connectivity index (χ4n) is 4.26. The average molecular weight is 385 g/mol. The number of hydrogen-bond donors (Lipinski definition) is 3. The zero-order valence-corrected chi connectivity index (χ0v) is 15.7. The van der Waals surface area contributed by atoms with Gasteiger partial charge in [-0.1, -0.05) is 12.1 Å². The summed E-state index contributed by atoms with van der Waals surface area (Å²) in [5.74, 6) is 0.315. The van der Waals surface area contributed by atoms with Crippen LogP contribution in [0.15, 0.2) is 34.7 Å². The molecule has 1 saturated carbocycles. The molecule has 4 atom stereocenters. The molecule has 4 unspecified atom stereocenters. The molecule has 4 rings (SSSR count). The van der Waals surface area contributed by atoms with Gasteiger partial charge in [-0.15, -0.1) is 0 Å². The smallest absolute Gasteiger partial charge is 0.238 e. The Morgan fingerprint density at radius 2 is 2.14 bits per heavy atom. The Hall–Kier alpha value is -2.51. The fraction of sp³-hybridized carbons (Fsp3) is 0.429. The Morgan fingerprint density at radius 1 is 1.32 bits per heavy atom. The molecule has 0 spiro atoms. The number of nitrogens with one attached hydrogen (secondary N) is 2. The molecule has 2 fully saturated rings. The summed E-state index contributed by atoms with van der Waals surface area (Å²) in [7, 11) is 0. The molecule has 2 aromatic rings. The van der Waals surface area contributed by atoms with Gasteiger partial charge < -0.3 is 20.8 Å². The number of hydrogen-bond acceptors (Lipinski definition) is 5. The van der Waals surface area contributed by atoms with Crippen LogP contribution in [0.25, 0.3) is 11.3 Å². The Kier molecular flexibility index (Phi) is 5.03. The van der Waals surface area contributed by atoms with Crippen molar-refractivity contribution < 1.29 is 18.4 Å². The van der Waals surface area contributed by atoms with Gasteiger partial charge in [-0.25, -0.2) is 4.39 Å². The van der Waals surface area contributed by atoms with Gasteiger partial charge in [0, 0.05) is 24.9 Å². The standard InChI is InChI=1S/C21H24FN3O3/c1-11(26)17-6-7-18(28-17)13-3-2-12(16(22)9-13)10-19(23)25-21(27)20-14-4-5-15(8-14)24-20/h2-3,6-7,9,14-15,19-20,24H,4-5,8,10,23H2,1H3,(H,25,27). The molecule has 1 saturated heterocycles. The van der Waals surface area contributed by atoms with E-state index >= 15 is 0 Å². The number of rotatable bonds is 6. The van der Waals surface area contributed by atoms with Crippen LogP contribution >= 0.6 is 0 Å². The van der Waals surface area contributed by atoms with Gasteiger partial charge in [0.25, 0.3) is 0 Å². The average Bonchev–Trinajstić information content (AvgIpc) is 3.39. The summed E-state index contributed by atoms with van der Waals surface area (Å²) in [4.78, 5) is 23.8.